The van der Waals surface area contributed by atoms with Gasteiger partial charge in [0.25, 0.3) is 11.8 Å². The molecule has 0 unspecified atom stereocenters. The van der Waals surface area contributed by atoms with Crippen LogP contribution < -0.4 is 10.6 Å². The van der Waals surface area contributed by atoms with Gasteiger partial charge < -0.3 is 15.1 Å². The summed E-state index contributed by atoms with van der Waals surface area (Å²) in [4.78, 5) is 44.2. The van der Waals surface area contributed by atoms with E-state index in [2.05, 4.69) is 15.6 Å². The Morgan fingerprint density at radius 2 is 1.51 bits per heavy atom. The van der Waals surface area contributed by atoms with E-state index in [9.17, 15) is 23.2 Å². The highest BCUT2D eigenvalue weighted by Gasteiger charge is 2.30. The Labute approximate surface area is 250 Å². The molecule has 10 heteroatoms. The minimum atomic E-state index is -1.42. The topological polar surface area (TPSA) is 101 Å². The van der Waals surface area contributed by atoms with Crippen LogP contribution in [0.1, 0.15) is 40.0 Å². The second-order valence-corrected chi connectivity index (χ2v) is 10.2. The van der Waals surface area contributed by atoms with Gasteiger partial charge in [0.05, 0.1) is 6.04 Å². The first-order valence-electron chi connectivity index (χ1n) is 13.5. The molecule has 0 bridgehead atoms. The number of nitrogens with one attached hydrogen (secondary N) is 2. The average molecular weight is 602 g/mol. The maximum absolute atomic E-state index is 14.6. The minimum Gasteiger partial charge on any atom is -0.434 e. The number of carbonyl (C=O) groups is 3. The summed E-state index contributed by atoms with van der Waals surface area (Å²) in [5, 5.41) is 5.72. The third-order valence-corrected chi connectivity index (χ3v) is 7.30. The van der Waals surface area contributed by atoms with E-state index in [4.69, 9.17) is 16.0 Å². The van der Waals surface area contributed by atoms with Crippen LogP contribution in [0.15, 0.2) is 95.4 Å². The summed E-state index contributed by atoms with van der Waals surface area (Å²) in [6, 6.07) is 21.4. The van der Waals surface area contributed by atoms with Gasteiger partial charge in [-0.3, -0.25) is 14.4 Å². The number of Topliss-reactive ketones (excluding diaryl/α,β-unsaturated/α-hetero) is 1. The van der Waals surface area contributed by atoms with E-state index in [1.54, 1.807) is 67.6 Å². The number of hydrogen-bond acceptors (Lipinski definition) is 5. The van der Waals surface area contributed by atoms with Crippen molar-refractivity contribution in [3.05, 3.63) is 125 Å². The summed E-state index contributed by atoms with van der Waals surface area (Å²) in [6.07, 6.45) is -0.331. The summed E-state index contributed by atoms with van der Waals surface area (Å²) in [6.45, 7) is 1.68. The highest BCUT2D eigenvalue weighted by Crippen LogP contribution is 2.27. The van der Waals surface area contributed by atoms with Crippen LogP contribution >= 0.6 is 11.6 Å². The van der Waals surface area contributed by atoms with E-state index in [1.807, 2.05) is 12.1 Å². The molecular formula is C33H26ClF2N3O4. The van der Waals surface area contributed by atoms with Gasteiger partial charge in [-0.15, -0.1) is 0 Å². The molecule has 5 rings (SSSR count). The lowest BCUT2D eigenvalue weighted by molar-refractivity contribution is -0.123. The molecule has 2 amide bonds. The maximum Gasteiger partial charge on any atom is 0.266 e. The molecule has 4 aromatic carbocycles. The Hall–Kier alpha value is -4.89. The van der Waals surface area contributed by atoms with Crippen LogP contribution in [-0.4, -0.2) is 34.7 Å². The van der Waals surface area contributed by atoms with Gasteiger partial charge in [0, 0.05) is 28.1 Å². The van der Waals surface area contributed by atoms with Crippen LogP contribution in [0, 0.1) is 11.6 Å². The van der Waals surface area contributed by atoms with Crippen molar-refractivity contribution in [1.29, 1.82) is 0 Å². The van der Waals surface area contributed by atoms with Crippen molar-refractivity contribution >= 4 is 40.3 Å². The summed E-state index contributed by atoms with van der Waals surface area (Å²) in [7, 11) is 0. The van der Waals surface area contributed by atoms with Gasteiger partial charge >= 0.3 is 0 Å². The minimum absolute atomic E-state index is 0.168. The first kappa shape index (κ1) is 29.6. The van der Waals surface area contributed by atoms with Crippen molar-refractivity contribution in [2.24, 2.45) is 0 Å². The molecule has 1 heterocycles. The number of ketones is 1. The number of benzene rings is 4. The highest BCUT2D eigenvalue weighted by atomic mass is 35.5. The maximum atomic E-state index is 14.6. The van der Waals surface area contributed by atoms with Crippen molar-refractivity contribution in [2.45, 2.75) is 31.8 Å². The van der Waals surface area contributed by atoms with Gasteiger partial charge in [-0.05, 0) is 54.4 Å². The zero-order valence-electron chi connectivity index (χ0n) is 22.9. The second-order valence-electron chi connectivity index (χ2n) is 9.81. The fraction of sp³-hybridized carbons (Fsp3) is 0.152. The number of oxazole rings is 1. The summed E-state index contributed by atoms with van der Waals surface area (Å²) in [5.41, 5.74) is 2.26. The van der Waals surface area contributed by atoms with Crippen molar-refractivity contribution in [1.82, 2.24) is 15.6 Å². The molecule has 0 aliphatic rings. The standard InChI is InChI=1S/C33H26ClF2N3O4/c1-2-26(30(40)33-39-27-12-5-6-13-29(27)43-33)37-32(42)28(18-22-24(35)10-7-11-25(22)36)38-31(41)20-16-14-19(15-17-20)21-8-3-4-9-23(21)34/h3-17,26,28H,2,18H2,1H3,(H,37,42)(H,38,41)/t26-,28-/m0/s1. The lowest BCUT2D eigenvalue weighted by atomic mass is 10.0. The first-order chi connectivity index (χ1) is 20.7. The Kier molecular flexibility index (Phi) is 8.92. The fourth-order valence-electron chi connectivity index (χ4n) is 4.63. The summed E-state index contributed by atoms with van der Waals surface area (Å²) in [5.74, 6) is -3.96. The molecule has 0 saturated heterocycles. The predicted molar refractivity (Wildman–Crippen MR) is 159 cm³/mol. The monoisotopic (exact) mass is 601 g/mol. The van der Waals surface area contributed by atoms with Gasteiger partial charge in [0.2, 0.25) is 11.7 Å². The van der Waals surface area contributed by atoms with Crippen LogP contribution in [0.4, 0.5) is 8.78 Å². The number of carbonyl (C=O) groups excluding carboxylic acids is 3. The number of para-hydroxylation sites is 2. The van der Waals surface area contributed by atoms with E-state index in [0.717, 1.165) is 23.3 Å². The number of fused-ring (bicyclic) bond motifs is 1. The van der Waals surface area contributed by atoms with Crippen LogP contribution in [0.2, 0.25) is 5.02 Å². The van der Waals surface area contributed by atoms with E-state index in [1.165, 1.54) is 6.07 Å². The molecule has 2 N–H and O–H groups in total. The highest BCUT2D eigenvalue weighted by molar-refractivity contribution is 6.33. The molecule has 218 valence electrons. The number of hydrogen-bond donors (Lipinski definition) is 2. The third kappa shape index (κ3) is 6.62. The van der Waals surface area contributed by atoms with Gasteiger partial charge in [-0.2, -0.15) is 0 Å². The molecular weight excluding hydrogens is 576 g/mol. The molecule has 1 aromatic heterocycles. The number of nitrogens with zero attached hydrogens (tertiary/aromatic N) is 1. The van der Waals surface area contributed by atoms with E-state index in [-0.39, 0.29) is 23.4 Å². The van der Waals surface area contributed by atoms with Crippen LogP contribution in [0.5, 0.6) is 0 Å². The van der Waals surface area contributed by atoms with Gasteiger partial charge in [0.15, 0.2) is 5.58 Å². The van der Waals surface area contributed by atoms with E-state index >= 15 is 0 Å². The zero-order valence-corrected chi connectivity index (χ0v) is 23.7. The smallest absolute Gasteiger partial charge is 0.266 e. The molecule has 0 radical (unpaired) electrons. The zero-order chi connectivity index (χ0) is 30.5. The van der Waals surface area contributed by atoms with Gasteiger partial charge in [0.1, 0.15) is 23.2 Å². The van der Waals surface area contributed by atoms with Crippen LogP contribution in [0.3, 0.4) is 0 Å². The Morgan fingerprint density at radius 3 is 2.19 bits per heavy atom. The number of aromatic nitrogens is 1. The molecule has 0 spiro atoms. The molecule has 0 fully saturated rings. The number of halogens is 3. The van der Waals surface area contributed by atoms with Crippen molar-refractivity contribution in [3.8, 4) is 11.1 Å². The normalized spacial score (nSPS) is 12.5. The molecule has 7 nitrogen and oxygen atoms in total. The van der Waals surface area contributed by atoms with E-state index in [0.29, 0.717) is 16.1 Å². The Morgan fingerprint density at radius 1 is 0.837 bits per heavy atom. The average Bonchev–Trinajstić information content (AvgIpc) is 3.45. The molecule has 43 heavy (non-hydrogen) atoms. The summed E-state index contributed by atoms with van der Waals surface area (Å²) >= 11 is 6.28. The van der Waals surface area contributed by atoms with E-state index < -0.39 is 47.7 Å². The quantitative estimate of drug-likeness (QED) is 0.177. The molecule has 2 atom stereocenters. The van der Waals surface area contributed by atoms with Crippen molar-refractivity contribution in [3.63, 3.8) is 0 Å². The third-order valence-electron chi connectivity index (χ3n) is 6.97. The van der Waals surface area contributed by atoms with Crippen molar-refractivity contribution in [2.75, 3.05) is 0 Å². The predicted octanol–water partition coefficient (Wildman–Crippen LogP) is 6.55. The molecule has 0 aliphatic heterocycles. The van der Waals surface area contributed by atoms with Gasteiger partial charge in [-0.25, -0.2) is 13.8 Å². The number of amides is 2. The molecule has 0 aliphatic carbocycles. The van der Waals surface area contributed by atoms with Gasteiger partial charge in [-0.1, -0.05) is 67.1 Å². The Bertz CT molecular complexity index is 1750. The first-order valence-corrected chi connectivity index (χ1v) is 13.9. The SMILES string of the molecule is CC[C@H](NC(=O)[C@H](Cc1c(F)cccc1F)NC(=O)c1ccc(-c2ccccc2Cl)cc1)C(=O)c1nc2ccccc2o1. The lowest BCUT2D eigenvalue weighted by Crippen LogP contribution is -2.52. The number of rotatable bonds is 10. The fourth-order valence-corrected chi connectivity index (χ4v) is 4.88. The largest absolute Gasteiger partial charge is 0.434 e. The lowest BCUT2D eigenvalue weighted by Gasteiger charge is -2.22. The van der Waals surface area contributed by atoms with Crippen molar-refractivity contribution < 1.29 is 27.6 Å². The summed E-state index contributed by atoms with van der Waals surface area (Å²) < 4.78 is 34.7. The van der Waals surface area contributed by atoms with Crippen LogP contribution in [-0.2, 0) is 11.2 Å². The molecule has 0 saturated carbocycles. The second kappa shape index (κ2) is 13.0. The molecule has 5 aromatic rings. The van der Waals surface area contributed by atoms with Crippen LogP contribution in [0.25, 0.3) is 22.2 Å². The Balaban J connectivity index is 1.38.